The second-order valence-electron chi connectivity index (χ2n) is 3.60. The molecule has 4 heteroatoms. The molecule has 0 amide bonds. The molecule has 2 rings (SSSR count). The van der Waals surface area contributed by atoms with E-state index < -0.39 is 0 Å². The Bertz CT molecular complexity index is 292. The maximum atomic E-state index is 5.07. The second kappa shape index (κ2) is 3.27. The Morgan fingerprint density at radius 3 is 3.08 bits per heavy atom. The highest BCUT2D eigenvalue weighted by Crippen LogP contribution is 2.34. The molecule has 0 aliphatic carbocycles. The summed E-state index contributed by atoms with van der Waals surface area (Å²) in [7, 11) is 1.66. The van der Waals surface area contributed by atoms with Gasteiger partial charge in [-0.1, -0.05) is 0 Å². The molecule has 1 N–H and O–H groups in total. The van der Waals surface area contributed by atoms with Crippen molar-refractivity contribution in [1.82, 2.24) is 9.69 Å². The van der Waals surface area contributed by atoms with Gasteiger partial charge in [0.25, 0.3) is 0 Å². The Balaban J connectivity index is 2.23. The van der Waals surface area contributed by atoms with E-state index in [1.165, 1.54) is 29.3 Å². The zero-order valence-corrected chi connectivity index (χ0v) is 8.78. The largest absolute Gasteiger partial charge is 0.480 e. The third-order valence-corrected chi connectivity index (χ3v) is 3.65. The summed E-state index contributed by atoms with van der Waals surface area (Å²) < 4.78 is 9.27. The molecule has 72 valence electrons. The Labute approximate surface area is 82.3 Å². The number of nitrogens with one attached hydrogen (secondary N) is 1. The van der Waals surface area contributed by atoms with Crippen LogP contribution in [0.3, 0.4) is 0 Å². The third kappa shape index (κ3) is 1.56. The van der Waals surface area contributed by atoms with Crippen molar-refractivity contribution in [3.05, 3.63) is 10.9 Å². The third-order valence-electron chi connectivity index (χ3n) is 2.61. The number of hydrogen-bond acceptors (Lipinski definition) is 4. The lowest BCUT2D eigenvalue weighted by molar-refractivity contribution is 0.399. The van der Waals surface area contributed by atoms with Gasteiger partial charge >= 0.3 is 0 Å². The predicted molar refractivity (Wildman–Crippen MR) is 53.3 cm³/mol. The first kappa shape index (κ1) is 8.97. The lowest BCUT2D eigenvalue weighted by Crippen LogP contribution is -2.31. The topological polar surface area (TPSA) is 34.1 Å². The lowest BCUT2D eigenvalue weighted by atomic mass is 9.99. The maximum absolute atomic E-state index is 5.07. The highest BCUT2D eigenvalue weighted by atomic mass is 32.1. The molecule has 1 aromatic rings. The highest BCUT2D eigenvalue weighted by Gasteiger charge is 2.32. The van der Waals surface area contributed by atoms with E-state index in [1.54, 1.807) is 7.11 Å². The number of hydrogen-bond donors (Lipinski definition) is 1. The SMILES string of the molecule is COc1cc(C2(C)CCCN2)sn1. The maximum Gasteiger partial charge on any atom is 0.225 e. The zero-order chi connectivity index (χ0) is 9.31. The van der Waals surface area contributed by atoms with Crippen LogP contribution in [0.25, 0.3) is 0 Å². The van der Waals surface area contributed by atoms with Crippen LogP contribution in [0, 0.1) is 0 Å². The van der Waals surface area contributed by atoms with Crippen LogP contribution < -0.4 is 10.1 Å². The minimum atomic E-state index is 0.133. The minimum Gasteiger partial charge on any atom is -0.480 e. The molecule has 1 aromatic heterocycles. The van der Waals surface area contributed by atoms with Gasteiger partial charge < -0.3 is 10.1 Å². The van der Waals surface area contributed by atoms with Gasteiger partial charge in [-0.3, -0.25) is 0 Å². The molecule has 1 aliphatic rings. The smallest absolute Gasteiger partial charge is 0.225 e. The van der Waals surface area contributed by atoms with Crippen LogP contribution in [-0.4, -0.2) is 18.0 Å². The fourth-order valence-corrected chi connectivity index (χ4v) is 2.56. The van der Waals surface area contributed by atoms with E-state index in [-0.39, 0.29) is 5.54 Å². The Morgan fingerprint density at radius 1 is 1.69 bits per heavy atom. The van der Waals surface area contributed by atoms with Crippen molar-refractivity contribution in [3.8, 4) is 5.88 Å². The van der Waals surface area contributed by atoms with E-state index in [0.717, 1.165) is 12.4 Å². The molecule has 13 heavy (non-hydrogen) atoms. The fourth-order valence-electron chi connectivity index (χ4n) is 1.72. The number of nitrogens with zero attached hydrogens (tertiary/aromatic N) is 1. The van der Waals surface area contributed by atoms with Gasteiger partial charge in [-0.05, 0) is 37.8 Å². The number of ether oxygens (including phenoxy) is 1. The molecule has 0 spiro atoms. The van der Waals surface area contributed by atoms with Gasteiger partial charge in [0.05, 0.1) is 12.6 Å². The van der Waals surface area contributed by atoms with Crippen LogP contribution >= 0.6 is 11.5 Å². The van der Waals surface area contributed by atoms with Crippen LogP contribution in [0.5, 0.6) is 5.88 Å². The molecule has 0 bridgehead atoms. The molecule has 2 heterocycles. The monoisotopic (exact) mass is 198 g/mol. The van der Waals surface area contributed by atoms with Crippen LogP contribution in [0.2, 0.25) is 0 Å². The molecule has 1 saturated heterocycles. The normalized spacial score (nSPS) is 27.8. The average Bonchev–Trinajstić information content (AvgIpc) is 2.72. The standard InChI is InChI=1S/C9H14N2OS/c1-9(4-3-5-10-9)7-6-8(12-2)11-13-7/h6,10H,3-5H2,1-2H3. The van der Waals surface area contributed by atoms with Gasteiger partial charge in [-0.25, -0.2) is 0 Å². The molecule has 1 atom stereocenters. The summed E-state index contributed by atoms with van der Waals surface area (Å²) in [5.74, 6) is 0.731. The second-order valence-corrected chi connectivity index (χ2v) is 4.40. The Kier molecular flexibility index (Phi) is 2.26. The van der Waals surface area contributed by atoms with E-state index in [9.17, 15) is 0 Å². The lowest BCUT2D eigenvalue weighted by Gasteiger charge is -2.21. The number of aromatic nitrogens is 1. The van der Waals surface area contributed by atoms with Crippen molar-refractivity contribution in [2.45, 2.75) is 25.3 Å². The highest BCUT2D eigenvalue weighted by molar-refractivity contribution is 7.06. The van der Waals surface area contributed by atoms with Crippen molar-refractivity contribution in [3.63, 3.8) is 0 Å². The zero-order valence-electron chi connectivity index (χ0n) is 7.96. The van der Waals surface area contributed by atoms with Crippen molar-refractivity contribution < 1.29 is 4.74 Å². The average molecular weight is 198 g/mol. The van der Waals surface area contributed by atoms with Crippen LogP contribution in [0.1, 0.15) is 24.6 Å². The molecule has 1 aliphatic heterocycles. The van der Waals surface area contributed by atoms with Gasteiger partial charge in [0.15, 0.2) is 0 Å². The van der Waals surface area contributed by atoms with Crippen LogP contribution in [-0.2, 0) is 5.54 Å². The van der Waals surface area contributed by atoms with E-state index in [0.29, 0.717) is 0 Å². The molecule has 0 saturated carbocycles. The van der Waals surface area contributed by atoms with E-state index in [2.05, 4.69) is 16.6 Å². The molecule has 1 unspecified atom stereocenters. The first-order valence-electron chi connectivity index (χ1n) is 4.51. The summed E-state index contributed by atoms with van der Waals surface area (Å²) in [5, 5.41) is 3.50. The first-order chi connectivity index (χ1) is 6.24. The summed E-state index contributed by atoms with van der Waals surface area (Å²) in [6, 6.07) is 2.03. The molecule has 0 aromatic carbocycles. The van der Waals surface area contributed by atoms with Crippen LogP contribution in [0.4, 0.5) is 0 Å². The fraction of sp³-hybridized carbons (Fsp3) is 0.667. The van der Waals surface area contributed by atoms with Gasteiger partial charge in [0.1, 0.15) is 0 Å². The molecular formula is C9H14N2OS. The number of methoxy groups -OCH3 is 1. The van der Waals surface area contributed by atoms with Gasteiger partial charge in [-0.2, -0.15) is 4.37 Å². The summed E-state index contributed by atoms with van der Waals surface area (Å²) in [4.78, 5) is 1.28. The van der Waals surface area contributed by atoms with Crippen molar-refractivity contribution in [2.24, 2.45) is 0 Å². The van der Waals surface area contributed by atoms with Crippen molar-refractivity contribution in [1.29, 1.82) is 0 Å². The van der Waals surface area contributed by atoms with Crippen LogP contribution in [0.15, 0.2) is 6.07 Å². The summed E-state index contributed by atoms with van der Waals surface area (Å²) in [6.45, 7) is 3.34. The van der Waals surface area contributed by atoms with E-state index in [4.69, 9.17) is 4.74 Å². The molecule has 0 radical (unpaired) electrons. The summed E-state index contributed by atoms with van der Waals surface area (Å²) in [5.41, 5.74) is 0.133. The van der Waals surface area contributed by atoms with Crippen molar-refractivity contribution in [2.75, 3.05) is 13.7 Å². The molecule has 3 nitrogen and oxygen atoms in total. The van der Waals surface area contributed by atoms with Gasteiger partial charge in [0.2, 0.25) is 5.88 Å². The summed E-state index contributed by atoms with van der Waals surface area (Å²) >= 11 is 1.53. The Hall–Kier alpha value is -0.610. The van der Waals surface area contributed by atoms with Crippen molar-refractivity contribution >= 4 is 11.5 Å². The predicted octanol–water partition coefficient (Wildman–Crippen LogP) is 1.75. The van der Waals surface area contributed by atoms with E-state index in [1.807, 2.05) is 6.07 Å². The first-order valence-corrected chi connectivity index (χ1v) is 5.28. The van der Waals surface area contributed by atoms with Gasteiger partial charge in [-0.15, -0.1) is 0 Å². The number of rotatable bonds is 2. The summed E-state index contributed by atoms with van der Waals surface area (Å²) in [6.07, 6.45) is 2.44. The quantitative estimate of drug-likeness (QED) is 0.786. The molecular weight excluding hydrogens is 184 g/mol. The van der Waals surface area contributed by atoms with Gasteiger partial charge in [0, 0.05) is 10.9 Å². The Morgan fingerprint density at radius 2 is 2.54 bits per heavy atom. The van der Waals surface area contributed by atoms with E-state index >= 15 is 0 Å². The molecule has 1 fully saturated rings. The minimum absolute atomic E-state index is 0.133.